The van der Waals surface area contributed by atoms with Crippen LogP contribution in [-0.2, 0) is 19.6 Å². The van der Waals surface area contributed by atoms with Crippen molar-refractivity contribution in [3.05, 3.63) is 52.5 Å². The summed E-state index contributed by atoms with van der Waals surface area (Å²) in [5, 5.41) is 5.77. The highest BCUT2D eigenvalue weighted by atomic mass is 79.9. The van der Waals surface area contributed by atoms with Crippen molar-refractivity contribution in [2.24, 2.45) is 0 Å². The molecule has 28 heavy (non-hydrogen) atoms. The highest BCUT2D eigenvalue weighted by molar-refractivity contribution is 9.10. The minimum Gasteiger partial charge on any atom is -0.379 e. The van der Waals surface area contributed by atoms with Gasteiger partial charge in [-0.25, -0.2) is 8.42 Å². The monoisotopic (exact) mass is 467 g/mol. The summed E-state index contributed by atoms with van der Waals surface area (Å²) in [5.41, 5.74) is 1.93. The first-order valence-corrected chi connectivity index (χ1v) is 11.1. The van der Waals surface area contributed by atoms with Crippen LogP contribution >= 0.6 is 15.9 Å². The van der Waals surface area contributed by atoms with Gasteiger partial charge in [-0.15, -0.1) is 0 Å². The molecular formula is C19H22BrN3O4S. The molecule has 7 nitrogen and oxygen atoms in total. The number of hydrogen-bond acceptors (Lipinski definition) is 5. The summed E-state index contributed by atoms with van der Waals surface area (Å²) in [7, 11) is -3.60. The number of rotatable bonds is 6. The van der Waals surface area contributed by atoms with E-state index < -0.39 is 10.0 Å². The Morgan fingerprint density at radius 3 is 2.43 bits per heavy atom. The van der Waals surface area contributed by atoms with Crippen LogP contribution in [0.25, 0.3) is 0 Å². The van der Waals surface area contributed by atoms with Crippen molar-refractivity contribution in [1.82, 2.24) is 4.31 Å². The van der Waals surface area contributed by atoms with Gasteiger partial charge in [0.15, 0.2) is 0 Å². The van der Waals surface area contributed by atoms with Gasteiger partial charge in [-0.2, -0.15) is 4.31 Å². The molecule has 0 radical (unpaired) electrons. The van der Waals surface area contributed by atoms with Crippen LogP contribution < -0.4 is 10.6 Å². The van der Waals surface area contributed by atoms with Crippen molar-refractivity contribution < 1.29 is 17.9 Å². The zero-order valence-electron chi connectivity index (χ0n) is 15.4. The maximum Gasteiger partial charge on any atom is 0.243 e. The van der Waals surface area contributed by atoms with Gasteiger partial charge < -0.3 is 15.4 Å². The molecule has 0 bridgehead atoms. The van der Waals surface area contributed by atoms with Gasteiger partial charge >= 0.3 is 0 Å². The Morgan fingerprint density at radius 2 is 1.75 bits per heavy atom. The van der Waals surface area contributed by atoms with Crippen LogP contribution in [0.1, 0.15) is 5.56 Å². The largest absolute Gasteiger partial charge is 0.379 e. The molecular weight excluding hydrogens is 446 g/mol. The molecule has 2 N–H and O–H groups in total. The molecule has 0 aliphatic carbocycles. The molecule has 0 aromatic heterocycles. The minimum absolute atomic E-state index is 0.0240. The van der Waals surface area contributed by atoms with Crippen molar-refractivity contribution >= 4 is 43.2 Å². The van der Waals surface area contributed by atoms with Gasteiger partial charge in [0.1, 0.15) is 0 Å². The second kappa shape index (κ2) is 9.04. The number of halogens is 1. The third-order valence-electron chi connectivity index (χ3n) is 4.36. The molecule has 3 rings (SSSR count). The van der Waals surface area contributed by atoms with Crippen LogP contribution in [0, 0.1) is 6.92 Å². The van der Waals surface area contributed by atoms with Gasteiger partial charge in [0.2, 0.25) is 15.9 Å². The topological polar surface area (TPSA) is 87.7 Å². The van der Waals surface area contributed by atoms with E-state index >= 15 is 0 Å². The van der Waals surface area contributed by atoms with Crippen molar-refractivity contribution in [2.45, 2.75) is 11.8 Å². The van der Waals surface area contributed by atoms with Gasteiger partial charge in [-0.05, 0) is 48.9 Å². The van der Waals surface area contributed by atoms with Crippen molar-refractivity contribution in [2.75, 3.05) is 43.5 Å². The second-order valence-corrected chi connectivity index (χ2v) is 9.23. The van der Waals surface area contributed by atoms with Crippen molar-refractivity contribution in [1.29, 1.82) is 0 Å². The van der Waals surface area contributed by atoms with E-state index in [0.29, 0.717) is 43.2 Å². The third-order valence-corrected chi connectivity index (χ3v) is 6.93. The van der Waals surface area contributed by atoms with Gasteiger partial charge in [-0.1, -0.05) is 22.0 Å². The molecule has 9 heteroatoms. The molecule has 1 amide bonds. The van der Waals surface area contributed by atoms with E-state index in [1.807, 2.05) is 12.1 Å². The Hall–Kier alpha value is -1.94. The first-order valence-electron chi connectivity index (χ1n) is 8.84. The number of anilines is 2. The van der Waals surface area contributed by atoms with Gasteiger partial charge in [0.05, 0.1) is 24.7 Å². The number of nitrogens with zero attached hydrogens (tertiary/aromatic N) is 1. The van der Waals surface area contributed by atoms with E-state index in [2.05, 4.69) is 26.6 Å². The zero-order valence-corrected chi connectivity index (χ0v) is 17.8. The molecule has 0 atom stereocenters. The summed E-state index contributed by atoms with van der Waals surface area (Å²) in [6.07, 6.45) is 0. The fraction of sp³-hybridized carbons (Fsp3) is 0.316. The zero-order chi connectivity index (χ0) is 20.1. The highest BCUT2D eigenvalue weighted by Crippen LogP contribution is 2.24. The predicted molar refractivity (Wildman–Crippen MR) is 112 cm³/mol. The van der Waals surface area contributed by atoms with Gasteiger partial charge in [0, 0.05) is 28.9 Å². The molecule has 0 unspecified atom stereocenters. The standard InChI is InChI=1S/C19H22BrN3O4S/c1-14-2-5-17(12-18(14)28(25,26)23-8-10-27-11-9-23)21-13-19(24)22-16-6-3-15(20)4-7-16/h2-7,12,21H,8-11,13H2,1H3,(H,22,24). The average Bonchev–Trinajstić information content (AvgIpc) is 2.69. The van der Waals surface area contributed by atoms with Crippen molar-refractivity contribution in [3.8, 4) is 0 Å². The molecule has 1 aliphatic heterocycles. The number of ether oxygens (including phenoxy) is 1. The Kier molecular flexibility index (Phi) is 6.71. The normalized spacial score (nSPS) is 15.2. The average molecular weight is 468 g/mol. The Labute approximate surface area is 173 Å². The first kappa shape index (κ1) is 20.8. The fourth-order valence-electron chi connectivity index (χ4n) is 2.83. The van der Waals surface area contributed by atoms with Crippen LogP contribution in [0.5, 0.6) is 0 Å². The smallest absolute Gasteiger partial charge is 0.243 e. The van der Waals surface area contributed by atoms with Crippen molar-refractivity contribution in [3.63, 3.8) is 0 Å². The molecule has 1 fully saturated rings. The molecule has 0 spiro atoms. The van der Waals surface area contributed by atoms with E-state index in [4.69, 9.17) is 4.74 Å². The van der Waals surface area contributed by atoms with E-state index in [1.165, 1.54) is 4.31 Å². The van der Waals surface area contributed by atoms with Crippen LogP contribution in [-0.4, -0.2) is 51.5 Å². The summed E-state index contributed by atoms with van der Waals surface area (Å²) < 4.78 is 33.5. The number of morpholine rings is 1. The highest BCUT2D eigenvalue weighted by Gasteiger charge is 2.27. The lowest BCUT2D eigenvalue weighted by atomic mass is 10.2. The summed E-state index contributed by atoms with van der Waals surface area (Å²) in [6.45, 7) is 3.26. The number of aryl methyl sites for hydroxylation is 1. The van der Waals surface area contributed by atoms with Crippen LogP contribution in [0.4, 0.5) is 11.4 Å². The lowest BCUT2D eigenvalue weighted by molar-refractivity contribution is -0.114. The molecule has 150 valence electrons. The maximum absolute atomic E-state index is 12.9. The van der Waals surface area contributed by atoms with Gasteiger partial charge in [0.25, 0.3) is 0 Å². The Morgan fingerprint density at radius 1 is 1.11 bits per heavy atom. The maximum atomic E-state index is 12.9. The SMILES string of the molecule is Cc1ccc(NCC(=O)Nc2ccc(Br)cc2)cc1S(=O)(=O)N1CCOCC1. The minimum atomic E-state index is -3.60. The number of hydrogen-bond donors (Lipinski definition) is 2. The summed E-state index contributed by atoms with van der Waals surface area (Å²) >= 11 is 3.35. The molecule has 2 aromatic rings. The number of benzene rings is 2. The van der Waals surface area contributed by atoms with Gasteiger partial charge in [-0.3, -0.25) is 4.79 Å². The molecule has 2 aromatic carbocycles. The number of nitrogens with one attached hydrogen (secondary N) is 2. The lowest BCUT2D eigenvalue weighted by Crippen LogP contribution is -2.40. The fourth-order valence-corrected chi connectivity index (χ4v) is 4.76. The lowest BCUT2D eigenvalue weighted by Gasteiger charge is -2.27. The second-order valence-electron chi connectivity index (χ2n) is 6.41. The molecule has 1 saturated heterocycles. The number of carbonyl (C=O) groups excluding carboxylic acids is 1. The molecule has 1 heterocycles. The quantitative estimate of drug-likeness (QED) is 0.681. The summed E-state index contributed by atoms with van der Waals surface area (Å²) in [6, 6.07) is 12.3. The summed E-state index contributed by atoms with van der Waals surface area (Å²) in [5.74, 6) is -0.222. The van der Waals surface area contributed by atoms with E-state index in [9.17, 15) is 13.2 Å². The van der Waals surface area contributed by atoms with E-state index in [-0.39, 0.29) is 17.3 Å². The first-order chi connectivity index (χ1) is 13.4. The number of amides is 1. The predicted octanol–water partition coefficient (Wildman–Crippen LogP) is 2.83. The van der Waals surface area contributed by atoms with Crippen LogP contribution in [0.2, 0.25) is 0 Å². The van der Waals surface area contributed by atoms with Crippen LogP contribution in [0.15, 0.2) is 51.8 Å². The Bertz CT molecular complexity index is 942. The Balaban J connectivity index is 1.67. The summed E-state index contributed by atoms with van der Waals surface area (Å²) in [4.78, 5) is 12.4. The number of carbonyl (C=O) groups is 1. The number of sulfonamides is 1. The van der Waals surface area contributed by atoms with Crippen LogP contribution in [0.3, 0.4) is 0 Å². The van der Waals surface area contributed by atoms with E-state index in [1.54, 1.807) is 37.3 Å². The molecule has 1 aliphatic rings. The molecule has 0 saturated carbocycles. The third kappa shape index (κ3) is 5.11. The van der Waals surface area contributed by atoms with E-state index in [0.717, 1.165) is 4.47 Å².